The van der Waals surface area contributed by atoms with Crippen molar-refractivity contribution in [2.24, 2.45) is 5.10 Å². The van der Waals surface area contributed by atoms with Gasteiger partial charge in [-0.3, -0.25) is 9.36 Å². The third-order valence-electron chi connectivity index (χ3n) is 4.89. The third-order valence-corrected chi connectivity index (χ3v) is 4.89. The van der Waals surface area contributed by atoms with Crippen molar-refractivity contribution in [3.8, 4) is 0 Å². The number of benzene rings is 3. The van der Waals surface area contributed by atoms with E-state index >= 15 is 0 Å². The van der Waals surface area contributed by atoms with Crippen LogP contribution < -0.4 is 11.0 Å². The molecule has 4 rings (SSSR count). The minimum absolute atomic E-state index is 0.0829. The highest BCUT2D eigenvalue weighted by molar-refractivity contribution is 5.90. The van der Waals surface area contributed by atoms with E-state index in [1.807, 2.05) is 43.3 Å². The summed E-state index contributed by atoms with van der Waals surface area (Å²) in [5.41, 5.74) is 4.49. The van der Waals surface area contributed by atoms with Crippen LogP contribution in [0.25, 0.3) is 21.7 Å². The first-order chi connectivity index (χ1) is 14.8. The standard InChI is InChI=1S/C24H24N4O2/c1-2-30-15-7-14-28-23(29)21-10-5-6-11-22(21)26-24(28)27-25-17-18-12-13-19-8-3-4-9-20(19)16-18/h3-6,8-13,16-17H,2,7,14-15H2,1H3,(H,26,27)/b25-17-. The molecule has 0 atom stereocenters. The Hall–Kier alpha value is -3.51. The lowest BCUT2D eigenvalue weighted by molar-refractivity contribution is 0.141. The van der Waals surface area contributed by atoms with Crippen molar-refractivity contribution < 1.29 is 4.74 Å². The minimum Gasteiger partial charge on any atom is -0.382 e. The Morgan fingerprint density at radius 2 is 1.87 bits per heavy atom. The van der Waals surface area contributed by atoms with Crippen LogP contribution in [-0.2, 0) is 11.3 Å². The molecule has 1 N–H and O–H groups in total. The fourth-order valence-corrected chi connectivity index (χ4v) is 3.38. The lowest BCUT2D eigenvalue weighted by Gasteiger charge is -2.12. The molecule has 3 aromatic carbocycles. The van der Waals surface area contributed by atoms with Crippen molar-refractivity contribution >= 4 is 33.8 Å². The van der Waals surface area contributed by atoms with Gasteiger partial charge in [0, 0.05) is 19.8 Å². The number of hydrogen-bond acceptors (Lipinski definition) is 5. The first-order valence-corrected chi connectivity index (χ1v) is 10.1. The second-order valence-corrected chi connectivity index (χ2v) is 6.94. The van der Waals surface area contributed by atoms with E-state index in [1.165, 1.54) is 5.39 Å². The van der Waals surface area contributed by atoms with Gasteiger partial charge in [-0.25, -0.2) is 10.4 Å². The summed E-state index contributed by atoms with van der Waals surface area (Å²) in [4.78, 5) is 17.6. The second kappa shape index (κ2) is 9.33. The summed E-state index contributed by atoms with van der Waals surface area (Å²) in [6.07, 6.45) is 2.45. The number of para-hydroxylation sites is 1. The fourth-order valence-electron chi connectivity index (χ4n) is 3.38. The Morgan fingerprint density at radius 3 is 2.73 bits per heavy atom. The van der Waals surface area contributed by atoms with Gasteiger partial charge in [0.25, 0.3) is 5.56 Å². The third kappa shape index (κ3) is 4.39. The van der Waals surface area contributed by atoms with E-state index in [-0.39, 0.29) is 5.56 Å². The number of hydrogen-bond donors (Lipinski definition) is 1. The van der Waals surface area contributed by atoms with Crippen LogP contribution in [0.4, 0.5) is 5.95 Å². The van der Waals surface area contributed by atoms with E-state index in [0.29, 0.717) is 36.6 Å². The highest BCUT2D eigenvalue weighted by atomic mass is 16.5. The Bertz CT molecular complexity index is 1250. The number of nitrogens with zero attached hydrogens (tertiary/aromatic N) is 3. The van der Waals surface area contributed by atoms with Crippen molar-refractivity contribution in [3.63, 3.8) is 0 Å². The lowest BCUT2D eigenvalue weighted by Crippen LogP contribution is -2.25. The van der Waals surface area contributed by atoms with E-state index in [2.05, 4.69) is 39.8 Å². The summed E-state index contributed by atoms with van der Waals surface area (Å²) >= 11 is 0. The lowest BCUT2D eigenvalue weighted by atomic mass is 10.1. The largest absolute Gasteiger partial charge is 0.382 e. The zero-order chi connectivity index (χ0) is 20.8. The normalized spacial score (nSPS) is 11.5. The summed E-state index contributed by atoms with van der Waals surface area (Å²) in [7, 11) is 0. The summed E-state index contributed by atoms with van der Waals surface area (Å²) in [5, 5.41) is 7.27. The molecule has 0 aliphatic rings. The predicted molar refractivity (Wildman–Crippen MR) is 122 cm³/mol. The number of ether oxygens (including phenoxy) is 1. The molecule has 0 saturated heterocycles. The van der Waals surface area contributed by atoms with Crippen molar-refractivity contribution in [2.45, 2.75) is 19.9 Å². The number of fused-ring (bicyclic) bond motifs is 2. The molecule has 6 heteroatoms. The first-order valence-electron chi connectivity index (χ1n) is 10.1. The molecule has 0 bridgehead atoms. The van der Waals surface area contributed by atoms with Crippen LogP contribution >= 0.6 is 0 Å². The average Bonchev–Trinajstić information content (AvgIpc) is 2.78. The van der Waals surface area contributed by atoms with Gasteiger partial charge in [-0.05, 0) is 47.9 Å². The summed E-state index contributed by atoms with van der Waals surface area (Å²) < 4.78 is 7.03. The van der Waals surface area contributed by atoms with Crippen molar-refractivity contribution in [1.82, 2.24) is 9.55 Å². The van der Waals surface area contributed by atoms with E-state index in [0.717, 1.165) is 17.4 Å². The Morgan fingerprint density at radius 1 is 1.07 bits per heavy atom. The van der Waals surface area contributed by atoms with Gasteiger partial charge >= 0.3 is 0 Å². The van der Waals surface area contributed by atoms with Crippen LogP contribution in [0.3, 0.4) is 0 Å². The first kappa shape index (κ1) is 19.8. The van der Waals surface area contributed by atoms with E-state index in [1.54, 1.807) is 16.8 Å². The van der Waals surface area contributed by atoms with Gasteiger partial charge in [0.2, 0.25) is 5.95 Å². The van der Waals surface area contributed by atoms with Gasteiger partial charge in [0.1, 0.15) is 0 Å². The SMILES string of the molecule is CCOCCCn1c(N/N=C\c2ccc3ccccc3c2)nc2ccccc2c1=O. The van der Waals surface area contributed by atoms with Crippen molar-refractivity contribution in [1.29, 1.82) is 0 Å². The Balaban J connectivity index is 1.61. The van der Waals surface area contributed by atoms with Crippen LogP contribution in [0, 0.1) is 0 Å². The highest BCUT2D eigenvalue weighted by Crippen LogP contribution is 2.15. The maximum absolute atomic E-state index is 13.0. The van der Waals surface area contributed by atoms with Crippen LogP contribution in [0.2, 0.25) is 0 Å². The van der Waals surface area contributed by atoms with Crippen LogP contribution in [-0.4, -0.2) is 29.0 Å². The number of rotatable bonds is 8. The summed E-state index contributed by atoms with van der Waals surface area (Å²) in [6, 6.07) is 21.7. The van der Waals surface area contributed by atoms with Crippen molar-refractivity contribution in [2.75, 3.05) is 18.6 Å². The molecular formula is C24H24N4O2. The van der Waals surface area contributed by atoms with Gasteiger partial charge in [-0.2, -0.15) is 5.10 Å². The Kier molecular flexibility index (Phi) is 6.15. The maximum Gasteiger partial charge on any atom is 0.262 e. The summed E-state index contributed by atoms with van der Waals surface area (Å²) in [5.74, 6) is 0.423. The second-order valence-electron chi connectivity index (χ2n) is 6.94. The van der Waals surface area contributed by atoms with Crippen LogP contribution in [0.5, 0.6) is 0 Å². The Labute approximate surface area is 174 Å². The fraction of sp³-hybridized carbons (Fsp3) is 0.208. The predicted octanol–water partition coefficient (Wildman–Crippen LogP) is 4.42. The van der Waals surface area contributed by atoms with Gasteiger partial charge in [-0.1, -0.05) is 48.5 Å². The van der Waals surface area contributed by atoms with Crippen LogP contribution in [0.1, 0.15) is 18.9 Å². The van der Waals surface area contributed by atoms with Crippen molar-refractivity contribution in [3.05, 3.63) is 82.6 Å². The molecule has 0 spiro atoms. The molecule has 0 saturated carbocycles. The molecular weight excluding hydrogens is 376 g/mol. The molecule has 1 aromatic heterocycles. The molecule has 0 aliphatic heterocycles. The van der Waals surface area contributed by atoms with E-state index in [4.69, 9.17) is 4.74 Å². The molecule has 30 heavy (non-hydrogen) atoms. The smallest absolute Gasteiger partial charge is 0.262 e. The molecule has 4 aromatic rings. The topological polar surface area (TPSA) is 68.5 Å². The maximum atomic E-state index is 13.0. The minimum atomic E-state index is -0.0829. The number of anilines is 1. The van der Waals surface area contributed by atoms with Gasteiger partial charge in [-0.15, -0.1) is 0 Å². The number of hydrazone groups is 1. The highest BCUT2D eigenvalue weighted by Gasteiger charge is 2.10. The summed E-state index contributed by atoms with van der Waals surface area (Å²) in [6.45, 7) is 3.71. The number of aromatic nitrogens is 2. The molecule has 1 heterocycles. The molecule has 6 nitrogen and oxygen atoms in total. The van der Waals surface area contributed by atoms with E-state index < -0.39 is 0 Å². The zero-order valence-electron chi connectivity index (χ0n) is 16.9. The average molecular weight is 400 g/mol. The van der Waals surface area contributed by atoms with Crippen LogP contribution in [0.15, 0.2) is 76.6 Å². The van der Waals surface area contributed by atoms with Gasteiger partial charge in [0.05, 0.1) is 17.1 Å². The van der Waals surface area contributed by atoms with E-state index in [9.17, 15) is 4.79 Å². The molecule has 0 radical (unpaired) electrons. The molecule has 0 unspecified atom stereocenters. The molecule has 0 aliphatic carbocycles. The molecule has 0 fully saturated rings. The zero-order valence-corrected chi connectivity index (χ0v) is 16.9. The quantitative estimate of drug-likeness (QED) is 0.270. The van der Waals surface area contributed by atoms with Gasteiger partial charge < -0.3 is 4.74 Å². The monoisotopic (exact) mass is 400 g/mol. The van der Waals surface area contributed by atoms with Gasteiger partial charge in [0.15, 0.2) is 0 Å². The molecule has 152 valence electrons. The molecule has 0 amide bonds. The number of nitrogens with one attached hydrogen (secondary N) is 1.